The van der Waals surface area contributed by atoms with Gasteiger partial charge in [-0.2, -0.15) is 0 Å². The van der Waals surface area contributed by atoms with Gasteiger partial charge in [-0.3, -0.25) is 0 Å². The van der Waals surface area contributed by atoms with Crippen LogP contribution in [0, 0.1) is 0 Å². The lowest BCUT2D eigenvalue weighted by molar-refractivity contribution is 0.502. The maximum Gasteiger partial charge on any atom is 0.0564 e. The van der Waals surface area contributed by atoms with Gasteiger partial charge in [-0.15, -0.1) is 11.3 Å². The third-order valence-corrected chi connectivity index (χ3v) is 4.17. The van der Waals surface area contributed by atoms with Crippen molar-refractivity contribution in [1.82, 2.24) is 0 Å². The monoisotopic (exact) mass is 251 g/mol. The first kappa shape index (κ1) is 11.6. The predicted molar refractivity (Wildman–Crippen MR) is 71.0 cm³/mol. The number of benzene rings is 1. The van der Waals surface area contributed by atoms with E-state index in [4.69, 9.17) is 17.3 Å². The van der Waals surface area contributed by atoms with E-state index in [1.807, 2.05) is 36.6 Å². The van der Waals surface area contributed by atoms with Crippen LogP contribution in [0.5, 0.6) is 0 Å². The Balaban J connectivity index is 2.24. The first-order valence-electron chi connectivity index (χ1n) is 5.16. The molecule has 0 aliphatic carbocycles. The third-order valence-electron chi connectivity index (χ3n) is 2.55. The summed E-state index contributed by atoms with van der Waals surface area (Å²) < 4.78 is 0. The van der Waals surface area contributed by atoms with E-state index in [1.54, 1.807) is 11.3 Å². The molecule has 84 valence electrons. The van der Waals surface area contributed by atoms with Crippen LogP contribution >= 0.6 is 22.9 Å². The standard InChI is InChI=1S/C13H14ClNS/c1-13(15,12-11(14)7-8-16-12)9-10-5-3-2-4-6-10/h2-8H,9,15H2,1H3. The van der Waals surface area contributed by atoms with Crippen LogP contribution in [0.1, 0.15) is 17.4 Å². The molecule has 1 aromatic carbocycles. The van der Waals surface area contributed by atoms with E-state index in [2.05, 4.69) is 12.1 Å². The van der Waals surface area contributed by atoms with Crippen LogP contribution in [0.2, 0.25) is 5.02 Å². The van der Waals surface area contributed by atoms with E-state index < -0.39 is 5.54 Å². The Morgan fingerprint density at radius 2 is 1.94 bits per heavy atom. The molecule has 1 heterocycles. The Kier molecular flexibility index (Phi) is 3.33. The van der Waals surface area contributed by atoms with Gasteiger partial charge in [-0.25, -0.2) is 0 Å². The molecule has 0 spiro atoms. The molecule has 1 atom stereocenters. The van der Waals surface area contributed by atoms with Crippen LogP contribution in [-0.2, 0) is 12.0 Å². The van der Waals surface area contributed by atoms with Crippen LogP contribution in [0.3, 0.4) is 0 Å². The van der Waals surface area contributed by atoms with Crippen molar-refractivity contribution in [1.29, 1.82) is 0 Å². The van der Waals surface area contributed by atoms with Gasteiger partial charge in [-0.1, -0.05) is 41.9 Å². The Bertz CT molecular complexity index is 462. The summed E-state index contributed by atoms with van der Waals surface area (Å²) >= 11 is 7.74. The van der Waals surface area contributed by atoms with Gasteiger partial charge in [0.25, 0.3) is 0 Å². The van der Waals surface area contributed by atoms with Gasteiger partial charge < -0.3 is 5.73 Å². The molecule has 1 aromatic heterocycles. The fourth-order valence-electron chi connectivity index (χ4n) is 1.80. The van der Waals surface area contributed by atoms with Crippen molar-refractivity contribution in [3.8, 4) is 0 Å². The Hall–Kier alpha value is -0.830. The topological polar surface area (TPSA) is 26.0 Å². The van der Waals surface area contributed by atoms with Crippen LogP contribution in [0.15, 0.2) is 41.8 Å². The molecule has 1 nitrogen and oxygen atoms in total. The van der Waals surface area contributed by atoms with Crippen molar-refractivity contribution in [3.63, 3.8) is 0 Å². The summed E-state index contributed by atoms with van der Waals surface area (Å²) in [5.41, 5.74) is 7.18. The predicted octanol–water partition coefficient (Wildman–Crippen LogP) is 3.82. The van der Waals surface area contributed by atoms with E-state index in [-0.39, 0.29) is 0 Å². The van der Waals surface area contributed by atoms with Crippen LogP contribution in [0.4, 0.5) is 0 Å². The second kappa shape index (κ2) is 4.58. The van der Waals surface area contributed by atoms with Crippen molar-refractivity contribution in [3.05, 3.63) is 57.2 Å². The summed E-state index contributed by atoms with van der Waals surface area (Å²) in [6.07, 6.45) is 0.800. The van der Waals surface area contributed by atoms with Gasteiger partial charge in [0.15, 0.2) is 0 Å². The SMILES string of the molecule is CC(N)(Cc1ccccc1)c1sccc1Cl. The Morgan fingerprint density at radius 1 is 1.25 bits per heavy atom. The molecule has 16 heavy (non-hydrogen) atoms. The molecule has 2 N–H and O–H groups in total. The first-order chi connectivity index (χ1) is 7.59. The first-order valence-corrected chi connectivity index (χ1v) is 6.41. The highest BCUT2D eigenvalue weighted by molar-refractivity contribution is 7.10. The average Bonchev–Trinajstić information content (AvgIpc) is 2.66. The maximum absolute atomic E-state index is 6.34. The third kappa shape index (κ3) is 2.46. The van der Waals surface area contributed by atoms with Crippen molar-refractivity contribution in [2.75, 3.05) is 0 Å². The quantitative estimate of drug-likeness (QED) is 0.882. The number of hydrogen-bond donors (Lipinski definition) is 1. The van der Waals surface area contributed by atoms with Gasteiger partial charge in [0.05, 0.1) is 10.6 Å². The number of halogens is 1. The number of hydrogen-bond acceptors (Lipinski definition) is 2. The zero-order valence-electron chi connectivity index (χ0n) is 9.11. The van der Waals surface area contributed by atoms with Gasteiger partial charge >= 0.3 is 0 Å². The van der Waals surface area contributed by atoms with E-state index >= 15 is 0 Å². The zero-order valence-corrected chi connectivity index (χ0v) is 10.7. The lowest BCUT2D eigenvalue weighted by Crippen LogP contribution is -2.34. The van der Waals surface area contributed by atoms with Crippen LogP contribution in [-0.4, -0.2) is 0 Å². The van der Waals surface area contributed by atoms with Crippen molar-refractivity contribution in [2.24, 2.45) is 5.73 Å². The van der Waals surface area contributed by atoms with Gasteiger partial charge in [0.2, 0.25) is 0 Å². The van der Waals surface area contributed by atoms with Crippen molar-refractivity contribution in [2.45, 2.75) is 18.9 Å². The van der Waals surface area contributed by atoms with E-state index in [9.17, 15) is 0 Å². The highest BCUT2D eigenvalue weighted by Gasteiger charge is 2.25. The van der Waals surface area contributed by atoms with Crippen LogP contribution in [0.25, 0.3) is 0 Å². The van der Waals surface area contributed by atoms with E-state index in [1.165, 1.54) is 5.56 Å². The lowest BCUT2D eigenvalue weighted by atomic mass is 9.92. The summed E-state index contributed by atoms with van der Waals surface area (Å²) in [6.45, 7) is 2.03. The molecular weight excluding hydrogens is 238 g/mol. The molecule has 0 aliphatic rings. The maximum atomic E-state index is 6.34. The fourth-order valence-corrected chi connectivity index (χ4v) is 3.15. The summed E-state index contributed by atoms with van der Waals surface area (Å²) in [6, 6.07) is 12.1. The number of nitrogens with two attached hydrogens (primary N) is 1. The molecular formula is C13H14ClNS. The van der Waals surface area contributed by atoms with Crippen molar-refractivity contribution < 1.29 is 0 Å². The number of rotatable bonds is 3. The minimum Gasteiger partial charge on any atom is -0.321 e. The summed E-state index contributed by atoms with van der Waals surface area (Å²) in [4.78, 5) is 1.05. The summed E-state index contributed by atoms with van der Waals surface area (Å²) in [7, 11) is 0. The normalized spacial score (nSPS) is 14.7. The fraction of sp³-hybridized carbons (Fsp3) is 0.231. The zero-order chi connectivity index (χ0) is 11.6. The molecule has 2 rings (SSSR count). The Labute approximate surface area is 105 Å². The molecule has 0 saturated heterocycles. The highest BCUT2D eigenvalue weighted by atomic mass is 35.5. The number of thiophene rings is 1. The molecule has 0 radical (unpaired) electrons. The highest BCUT2D eigenvalue weighted by Crippen LogP contribution is 2.33. The molecule has 3 heteroatoms. The van der Waals surface area contributed by atoms with Crippen LogP contribution < -0.4 is 5.73 Å². The molecule has 0 amide bonds. The minimum absolute atomic E-state index is 0.396. The lowest BCUT2D eigenvalue weighted by Gasteiger charge is -2.24. The minimum atomic E-state index is -0.396. The summed E-state index contributed by atoms with van der Waals surface area (Å²) in [5, 5.41) is 2.75. The average molecular weight is 252 g/mol. The van der Waals surface area contributed by atoms with Gasteiger partial charge in [0, 0.05) is 4.88 Å². The Morgan fingerprint density at radius 3 is 2.50 bits per heavy atom. The van der Waals surface area contributed by atoms with Gasteiger partial charge in [-0.05, 0) is 30.4 Å². The largest absolute Gasteiger partial charge is 0.321 e. The molecule has 0 bridgehead atoms. The molecule has 2 aromatic rings. The summed E-state index contributed by atoms with van der Waals surface area (Å²) in [5.74, 6) is 0. The second-order valence-electron chi connectivity index (χ2n) is 4.18. The molecule has 0 saturated carbocycles. The molecule has 1 unspecified atom stereocenters. The van der Waals surface area contributed by atoms with Gasteiger partial charge in [0.1, 0.15) is 0 Å². The molecule has 0 fully saturated rings. The van der Waals surface area contributed by atoms with Crippen molar-refractivity contribution >= 4 is 22.9 Å². The molecule has 0 aliphatic heterocycles. The second-order valence-corrected chi connectivity index (χ2v) is 5.50. The van der Waals surface area contributed by atoms with E-state index in [0.717, 1.165) is 16.3 Å². The van der Waals surface area contributed by atoms with E-state index in [0.29, 0.717) is 0 Å². The smallest absolute Gasteiger partial charge is 0.0564 e.